The second kappa shape index (κ2) is 4.87. The van der Waals surface area contributed by atoms with Crippen molar-refractivity contribution in [2.24, 2.45) is 0 Å². The van der Waals surface area contributed by atoms with E-state index >= 15 is 0 Å². The van der Waals surface area contributed by atoms with Gasteiger partial charge in [-0.1, -0.05) is 27.5 Å². The lowest BCUT2D eigenvalue weighted by Gasteiger charge is -2.11. The van der Waals surface area contributed by atoms with Gasteiger partial charge >= 0.3 is 6.18 Å². The van der Waals surface area contributed by atoms with Gasteiger partial charge in [0.1, 0.15) is 11.8 Å². The zero-order valence-corrected chi connectivity index (χ0v) is 11.4. The molecular formula is C11H4BrClF3N3. The predicted octanol–water partition coefficient (Wildman–Crippen LogP) is 4.38. The van der Waals surface area contributed by atoms with E-state index in [9.17, 15) is 13.2 Å². The molecule has 8 heteroatoms. The van der Waals surface area contributed by atoms with E-state index < -0.39 is 11.7 Å². The summed E-state index contributed by atoms with van der Waals surface area (Å²) >= 11 is 8.92. The number of halogens is 5. The second-order valence-electron chi connectivity index (χ2n) is 3.58. The van der Waals surface area contributed by atoms with E-state index in [-0.39, 0.29) is 15.2 Å². The number of nitrogens with zero attached hydrogens (tertiary/aromatic N) is 2. The van der Waals surface area contributed by atoms with Gasteiger partial charge in [0.15, 0.2) is 0 Å². The Morgan fingerprint density at radius 2 is 2.05 bits per heavy atom. The number of hydrogen-bond donors (Lipinski definition) is 1. The molecule has 0 radical (unpaired) electrons. The maximum atomic E-state index is 12.6. The van der Waals surface area contributed by atoms with Gasteiger partial charge in [-0.3, -0.25) is 5.10 Å². The SMILES string of the molecule is N#Cc1[nH]ncc1-c1c(Cl)cc(C(F)(F)F)cc1Br. The molecule has 1 aromatic carbocycles. The lowest BCUT2D eigenvalue weighted by atomic mass is 10.0. The minimum Gasteiger partial charge on any atom is -0.267 e. The first-order valence-electron chi connectivity index (χ1n) is 4.84. The van der Waals surface area contributed by atoms with Crippen LogP contribution in [0.5, 0.6) is 0 Å². The summed E-state index contributed by atoms with van der Waals surface area (Å²) in [6, 6.07) is 3.58. The molecule has 0 fully saturated rings. The fourth-order valence-electron chi connectivity index (χ4n) is 1.56. The van der Waals surface area contributed by atoms with Crippen LogP contribution in [-0.4, -0.2) is 10.2 Å². The Bertz CT molecular complexity index is 650. The monoisotopic (exact) mass is 349 g/mol. The topological polar surface area (TPSA) is 52.5 Å². The maximum Gasteiger partial charge on any atom is 0.416 e. The number of aromatic nitrogens is 2. The molecule has 0 bridgehead atoms. The van der Waals surface area contributed by atoms with E-state index in [2.05, 4.69) is 26.1 Å². The van der Waals surface area contributed by atoms with Crippen LogP contribution in [0.4, 0.5) is 13.2 Å². The van der Waals surface area contributed by atoms with Crippen molar-refractivity contribution in [2.45, 2.75) is 6.18 Å². The Morgan fingerprint density at radius 3 is 2.58 bits per heavy atom. The van der Waals surface area contributed by atoms with E-state index in [0.29, 0.717) is 11.1 Å². The number of benzene rings is 1. The van der Waals surface area contributed by atoms with Crippen LogP contribution in [0.25, 0.3) is 11.1 Å². The van der Waals surface area contributed by atoms with Crippen LogP contribution < -0.4 is 0 Å². The Kier molecular flexibility index (Phi) is 3.56. The number of hydrogen-bond acceptors (Lipinski definition) is 2. The highest BCUT2D eigenvalue weighted by Gasteiger charge is 2.32. The molecule has 0 aliphatic carbocycles. The van der Waals surface area contributed by atoms with E-state index in [1.807, 2.05) is 6.07 Å². The van der Waals surface area contributed by atoms with Crippen LogP contribution in [-0.2, 0) is 6.18 Å². The molecule has 0 unspecified atom stereocenters. The highest BCUT2D eigenvalue weighted by molar-refractivity contribution is 9.10. The average Bonchev–Trinajstić information content (AvgIpc) is 2.75. The Morgan fingerprint density at radius 1 is 1.37 bits per heavy atom. The van der Waals surface area contributed by atoms with Crippen molar-refractivity contribution in [1.82, 2.24) is 10.2 Å². The van der Waals surface area contributed by atoms with Crippen LogP contribution in [0, 0.1) is 11.3 Å². The fraction of sp³-hybridized carbons (Fsp3) is 0.0909. The smallest absolute Gasteiger partial charge is 0.267 e. The molecule has 3 nitrogen and oxygen atoms in total. The predicted molar refractivity (Wildman–Crippen MR) is 66.5 cm³/mol. The molecule has 0 saturated heterocycles. The van der Waals surface area contributed by atoms with Crippen molar-refractivity contribution < 1.29 is 13.2 Å². The summed E-state index contributed by atoms with van der Waals surface area (Å²) in [5, 5.41) is 14.9. The standard InChI is InChI=1S/C11H4BrClF3N3/c12-7-1-5(11(14,15)16)2-8(13)10(7)6-4-18-19-9(6)3-17/h1-2,4H,(H,18,19). The van der Waals surface area contributed by atoms with Crippen molar-refractivity contribution >= 4 is 27.5 Å². The summed E-state index contributed by atoms with van der Waals surface area (Å²) in [5.41, 5.74) is -0.106. The molecule has 19 heavy (non-hydrogen) atoms. The second-order valence-corrected chi connectivity index (χ2v) is 4.84. The minimum atomic E-state index is -4.49. The molecule has 2 aromatic rings. The molecule has 1 N–H and O–H groups in total. The van der Waals surface area contributed by atoms with Gasteiger partial charge in [-0.05, 0) is 12.1 Å². The first kappa shape index (κ1) is 13.9. The highest BCUT2D eigenvalue weighted by Crippen LogP contribution is 2.41. The molecule has 0 saturated carbocycles. The molecule has 2 rings (SSSR count). The van der Waals surface area contributed by atoms with E-state index in [1.165, 1.54) is 6.20 Å². The molecule has 1 aromatic heterocycles. The van der Waals surface area contributed by atoms with Crippen LogP contribution in [0.3, 0.4) is 0 Å². The van der Waals surface area contributed by atoms with Crippen molar-refractivity contribution in [2.75, 3.05) is 0 Å². The molecular weight excluding hydrogens is 346 g/mol. The van der Waals surface area contributed by atoms with Crippen molar-refractivity contribution in [3.63, 3.8) is 0 Å². The van der Waals surface area contributed by atoms with Gasteiger partial charge < -0.3 is 0 Å². The van der Waals surface area contributed by atoms with Crippen molar-refractivity contribution in [3.05, 3.63) is 39.1 Å². The number of aromatic amines is 1. The van der Waals surface area contributed by atoms with E-state index in [0.717, 1.165) is 12.1 Å². The number of nitriles is 1. The van der Waals surface area contributed by atoms with Gasteiger partial charge in [0, 0.05) is 15.6 Å². The van der Waals surface area contributed by atoms with Gasteiger partial charge in [-0.2, -0.15) is 23.5 Å². The van der Waals surface area contributed by atoms with Crippen molar-refractivity contribution in [3.8, 4) is 17.2 Å². The summed E-state index contributed by atoms with van der Waals surface area (Å²) < 4.78 is 38.0. The molecule has 98 valence electrons. The van der Waals surface area contributed by atoms with Crippen LogP contribution in [0.2, 0.25) is 5.02 Å². The van der Waals surface area contributed by atoms with Gasteiger partial charge in [-0.15, -0.1) is 0 Å². The number of rotatable bonds is 1. The maximum absolute atomic E-state index is 12.6. The Hall–Kier alpha value is -1.52. The molecule has 1 heterocycles. The molecule has 0 aliphatic heterocycles. The number of nitrogens with one attached hydrogen (secondary N) is 1. The summed E-state index contributed by atoms with van der Waals surface area (Å²) in [6.07, 6.45) is -3.16. The summed E-state index contributed by atoms with van der Waals surface area (Å²) in [5.74, 6) is 0. The van der Waals surface area contributed by atoms with Gasteiger partial charge in [-0.25, -0.2) is 0 Å². The summed E-state index contributed by atoms with van der Waals surface area (Å²) in [6.45, 7) is 0. The normalized spacial score (nSPS) is 11.4. The molecule has 0 atom stereocenters. The van der Waals surface area contributed by atoms with Gasteiger partial charge in [0.25, 0.3) is 0 Å². The zero-order valence-electron chi connectivity index (χ0n) is 9.02. The fourth-order valence-corrected chi connectivity index (χ4v) is 2.66. The molecule has 0 spiro atoms. The highest BCUT2D eigenvalue weighted by atomic mass is 79.9. The summed E-state index contributed by atoms with van der Waals surface area (Å²) in [4.78, 5) is 0. The molecule has 0 amide bonds. The van der Waals surface area contributed by atoms with Crippen molar-refractivity contribution in [1.29, 1.82) is 5.26 Å². The lowest BCUT2D eigenvalue weighted by molar-refractivity contribution is -0.137. The number of H-pyrrole nitrogens is 1. The minimum absolute atomic E-state index is 0.111. The van der Waals surface area contributed by atoms with Gasteiger partial charge in [0.2, 0.25) is 0 Å². The first-order chi connectivity index (χ1) is 8.84. The Balaban J connectivity index is 2.65. The lowest BCUT2D eigenvalue weighted by Crippen LogP contribution is -2.05. The third kappa shape index (κ3) is 2.60. The van der Waals surface area contributed by atoms with Crippen LogP contribution >= 0.6 is 27.5 Å². The number of alkyl halides is 3. The summed E-state index contributed by atoms with van der Waals surface area (Å²) in [7, 11) is 0. The molecule has 0 aliphatic rings. The van der Waals surface area contributed by atoms with E-state index in [1.54, 1.807) is 0 Å². The third-order valence-electron chi connectivity index (χ3n) is 2.39. The zero-order chi connectivity index (χ0) is 14.2. The average molecular weight is 351 g/mol. The van der Waals surface area contributed by atoms with Gasteiger partial charge in [0.05, 0.1) is 16.8 Å². The Labute approximate surface area is 119 Å². The van der Waals surface area contributed by atoms with E-state index in [4.69, 9.17) is 16.9 Å². The van der Waals surface area contributed by atoms with Crippen LogP contribution in [0.1, 0.15) is 11.3 Å². The van der Waals surface area contributed by atoms with Crippen LogP contribution in [0.15, 0.2) is 22.8 Å². The quantitative estimate of drug-likeness (QED) is 0.829. The largest absolute Gasteiger partial charge is 0.416 e. The first-order valence-corrected chi connectivity index (χ1v) is 6.01. The third-order valence-corrected chi connectivity index (χ3v) is 3.31.